The minimum atomic E-state index is 0.433. The van der Waals surface area contributed by atoms with Crippen LogP contribution in [-0.2, 0) is 6.42 Å². The van der Waals surface area contributed by atoms with Gasteiger partial charge in [-0.2, -0.15) is 11.8 Å². The fourth-order valence-corrected chi connectivity index (χ4v) is 3.50. The first kappa shape index (κ1) is 14.1. The topological polar surface area (TPSA) is 37.8 Å². The number of rotatable bonds is 6. The molecule has 1 fully saturated rings. The number of hydrogen-bond donors (Lipinski definition) is 1. The van der Waals surface area contributed by atoms with Gasteiger partial charge in [-0.15, -0.1) is 0 Å². The standard InChI is InChI=1S/C13H20BrN3S/c1-3-5-11-16-10(14)8-12(17-11)15-9-13(18-2)6-4-7-13/h8H,3-7,9H2,1-2H3,(H,15,16,17). The molecule has 3 nitrogen and oxygen atoms in total. The maximum atomic E-state index is 4.56. The number of halogens is 1. The Hall–Kier alpha value is -0.290. The van der Waals surface area contributed by atoms with Crippen molar-refractivity contribution in [3.8, 4) is 0 Å². The predicted molar refractivity (Wildman–Crippen MR) is 82.3 cm³/mol. The van der Waals surface area contributed by atoms with Gasteiger partial charge in [0.15, 0.2) is 0 Å². The van der Waals surface area contributed by atoms with E-state index in [1.807, 2.05) is 17.8 Å². The maximum Gasteiger partial charge on any atom is 0.132 e. The molecule has 1 aromatic rings. The van der Waals surface area contributed by atoms with Gasteiger partial charge in [0.1, 0.15) is 16.2 Å². The highest BCUT2D eigenvalue weighted by Crippen LogP contribution is 2.42. The zero-order valence-electron chi connectivity index (χ0n) is 11.0. The van der Waals surface area contributed by atoms with Crippen molar-refractivity contribution < 1.29 is 0 Å². The van der Waals surface area contributed by atoms with Gasteiger partial charge in [-0.3, -0.25) is 0 Å². The molecule has 1 aliphatic carbocycles. The predicted octanol–water partition coefficient (Wildman–Crippen LogP) is 3.89. The third-order valence-corrected chi connectivity index (χ3v) is 5.33. The van der Waals surface area contributed by atoms with E-state index in [0.29, 0.717) is 4.75 Å². The van der Waals surface area contributed by atoms with Crippen LogP contribution in [0.15, 0.2) is 10.7 Å². The normalized spacial score (nSPS) is 17.3. The largest absolute Gasteiger partial charge is 0.369 e. The van der Waals surface area contributed by atoms with E-state index in [1.165, 1.54) is 19.3 Å². The van der Waals surface area contributed by atoms with E-state index in [2.05, 4.69) is 44.4 Å². The first-order valence-electron chi connectivity index (χ1n) is 6.50. The van der Waals surface area contributed by atoms with Gasteiger partial charge in [-0.05, 0) is 41.4 Å². The summed E-state index contributed by atoms with van der Waals surface area (Å²) in [4.78, 5) is 8.94. The number of nitrogens with zero attached hydrogens (tertiary/aromatic N) is 2. The van der Waals surface area contributed by atoms with Crippen molar-refractivity contribution in [2.75, 3.05) is 18.1 Å². The third kappa shape index (κ3) is 3.38. The molecule has 18 heavy (non-hydrogen) atoms. The molecule has 1 aliphatic rings. The summed E-state index contributed by atoms with van der Waals surface area (Å²) in [5.74, 6) is 1.86. The van der Waals surface area contributed by atoms with Crippen molar-refractivity contribution in [1.82, 2.24) is 9.97 Å². The monoisotopic (exact) mass is 329 g/mol. The molecule has 0 unspecified atom stereocenters. The van der Waals surface area contributed by atoms with Gasteiger partial charge in [0.05, 0.1) is 0 Å². The summed E-state index contributed by atoms with van der Waals surface area (Å²) in [6.45, 7) is 3.15. The van der Waals surface area contributed by atoms with Crippen molar-refractivity contribution in [3.05, 3.63) is 16.5 Å². The van der Waals surface area contributed by atoms with E-state index in [4.69, 9.17) is 0 Å². The quantitative estimate of drug-likeness (QED) is 0.803. The lowest BCUT2D eigenvalue weighted by Crippen LogP contribution is -2.40. The number of aryl methyl sites for hydroxylation is 1. The molecule has 100 valence electrons. The molecule has 0 spiro atoms. The summed E-state index contributed by atoms with van der Waals surface area (Å²) in [5.41, 5.74) is 0. The smallest absolute Gasteiger partial charge is 0.132 e. The molecule has 1 saturated carbocycles. The van der Waals surface area contributed by atoms with Crippen molar-refractivity contribution in [1.29, 1.82) is 0 Å². The second kappa shape index (κ2) is 6.24. The number of anilines is 1. The van der Waals surface area contributed by atoms with Gasteiger partial charge in [-0.25, -0.2) is 9.97 Å². The third-order valence-electron chi connectivity index (χ3n) is 3.50. The fourth-order valence-electron chi connectivity index (χ4n) is 2.17. The molecule has 1 heterocycles. The molecule has 1 N–H and O–H groups in total. The molecule has 5 heteroatoms. The molecule has 1 aromatic heterocycles. The second-order valence-electron chi connectivity index (χ2n) is 4.84. The molecule has 0 aromatic carbocycles. The van der Waals surface area contributed by atoms with Crippen LogP contribution in [0.4, 0.5) is 5.82 Å². The van der Waals surface area contributed by atoms with E-state index >= 15 is 0 Å². The second-order valence-corrected chi connectivity index (χ2v) is 6.92. The first-order chi connectivity index (χ1) is 8.67. The van der Waals surface area contributed by atoms with Crippen LogP contribution < -0.4 is 5.32 Å². The summed E-state index contributed by atoms with van der Waals surface area (Å²) < 4.78 is 1.30. The molecule has 0 amide bonds. The molecule has 2 rings (SSSR count). The van der Waals surface area contributed by atoms with E-state index in [-0.39, 0.29) is 0 Å². The lowest BCUT2D eigenvalue weighted by molar-refractivity contribution is 0.379. The van der Waals surface area contributed by atoms with Crippen molar-refractivity contribution in [3.63, 3.8) is 0 Å². The lowest BCUT2D eigenvalue weighted by Gasteiger charge is -2.40. The molecule has 0 aliphatic heterocycles. The fraction of sp³-hybridized carbons (Fsp3) is 0.692. The molecule has 0 atom stereocenters. The maximum absolute atomic E-state index is 4.56. The van der Waals surface area contributed by atoms with Crippen LogP contribution in [0.5, 0.6) is 0 Å². The Bertz CT molecular complexity index is 402. The Labute approximate surface area is 122 Å². The Morgan fingerprint density at radius 2 is 2.22 bits per heavy atom. The van der Waals surface area contributed by atoms with Crippen molar-refractivity contribution >= 4 is 33.5 Å². The van der Waals surface area contributed by atoms with Crippen LogP contribution >= 0.6 is 27.7 Å². The molecule has 0 saturated heterocycles. The Balaban J connectivity index is 2.00. The van der Waals surface area contributed by atoms with Crippen molar-refractivity contribution in [2.24, 2.45) is 0 Å². The SMILES string of the molecule is CCCc1nc(Br)cc(NCC2(SC)CCC2)n1. The first-order valence-corrected chi connectivity index (χ1v) is 8.52. The summed E-state index contributed by atoms with van der Waals surface area (Å²) in [7, 11) is 0. The van der Waals surface area contributed by atoms with Crippen LogP contribution in [0.1, 0.15) is 38.4 Å². The highest BCUT2D eigenvalue weighted by atomic mass is 79.9. The Kier molecular flexibility index (Phi) is 4.90. The highest BCUT2D eigenvalue weighted by Gasteiger charge is 2.35. The molecule has 0 radical (unpaired) electrons. The number of thioether (sulfide) groups is 1. The minimum absolute atomic E-state index is 0.433. The van der Waals surface area contributed by atoms with Crippen LogP contribution in [0, 0.1) is 0 Å². The molecular weight excluding hydrogens is 310 g/mol. The van der Waals surface area contributed by atoms with Gasteiger partial charge in [0, 0.05) is 23.8 Å². The average Bonchev–Trinajstić information content (AvgIpc) is 2.28. The number of hydrogen-bond acceptors (Lipinski definition) is 4. The van der Waals surface area contributed by atoms with E-state index < -0.39 is 0 Å². The van der Waals surface area contributed by atoms with Crippen molar-refractivity contribution in [2.45, 2.75) is 43.8 Å². The number of nitrogens with one attached hydrogen (secondary N) is 1. The van der Waals surface area contributed by atoms with Crippen LogP contribution in [0.2, 0.25) is 0 Å². The van der Waals surface area contributed by atoms with E-state index in [0.717, 1.165) is 35.6 Å². The lowest BCUT2D eigenvalue weighted by atomic mass is 9.84. The summed E-state index contributed by atoms with van der Waals surface area (Å²) in [6.07, 6.45) is 8.20. The average molecular weight is 330 g/mol. The molecule has 0 bridgehead atoms. The van der Waals surface area contributed by atoms with Gasteiger partial charge in [0.25, 0.3) is 0 Å². The van der Waals surface area contributed by atoms with Gasteiger partial charge in [-0.1, -0.05) is 13.3 Å². The van der Waals surface area contributed by atoms with Crippen LogP contribution in [0.3, 0.4) is 0 Å². The summed E-state index contributed by atoms with van der Waals surface area (Å²) in [6, 6.07) is 1.96. The summed E-state index contributed by atoms with van der Waals surface area (Å²) >= 11 is 5.43. The zero-order chi connectivity index (χ0) is 13.0. The Morgan fingerprint density at radius 3 is 2.78 bits per heavy atom. The molecular formula is C13H20BrN3S. The van der Waals surface area contributed by atoms with E-state index in [9.17, 15) is 0 Å². The zero-order valence-corrected chi connectivity index (χ0v) is 13.4. The van der Waals surface area contributed by atoms with Gasteiger partial charge >= 0.3 is 0 Å². The van der Waals surface area contributed by atoms with E-state index in [1.54, 1.807) is 0 Å². The van der Waals surface area contributed by atoms with Gasteiger partial charge in [0.2, 0.25) is 0 Å². The van der Waals surface area contributed by atoms with Gasteiger partial charge < -0.3 is 5.32 Å². The van der Waals surface area contributed by atoms with Crippen LogP contribution in [0.25, 0.3) is 0 Å². The Morgan fingerprint density at radius 1 is 1.44 bits per heavy atom. The minimum Gasteiger partial charge on any atom is -0.369 e. The summed E-state index contributed by atoms with van der Waals surface area (Å²) in [5, 5.41) is 3.48. The van der Waals surface area contributed by atoms with Crippen LogP contribution in [-0.4, -0.2) is 27.5 Å². The highest BCUT2D eigenvalue weighted by molar-refractivity contribution is 9.10. The number of aromatic nitrogens is 2.